The van der Waals surface area contributed by atoms with Crippen LogP contribution in [-0.4, -0.2) is 15.9 Å². The summed E-state index contributed by atoms with van der Waals surface area (Å²) in [5, 5.41) is 3.35. The van der Waals surface area contributed by atoms with Gasteiger partial charge in [0.15, 0.2) is 0 Å². The van der Waals surface area contributed by atoms with Crippen LogP contribution in [0, 0.1) is 0 Å². The number of aromatic nitrogens is 2. The van der Waals surface area contributed by atoms with Crippen LogP contribution < -0.4 is 5.32 Å². The topological polar surface area (TPSA) is 54.9 Å². The fourth-order valence-electron chi connectivity index (χ4n) is 1.18. The summed E-state index contributed by atoms with van der Waals surface area (Å²) in [5.41, 5.74) is 0.985. The lowest BCUT2D eigenvalue weighted by Crippen LogP contribution is -2.12. The number of carbonyl (C=O) groups is 1. The van der Waals surface area contributed by atoms with E-state index in [0.29, 0.717) is 16.3 Å². The van der Waals surface area contributed by atoms with Crippen LogP contribution in [0.4, 0.5) is 5.69 Å². The van der Waals surface area contributed by atoms with Gasteiger partial charge in [-0.2, -0.15) is 0 Å². The molecule has 0 unspecified atom stereocenters. The predicted octanol–water partition coefficient (Wildman–Crippen LogP) is 3.04. The Morgan fingerprint density at radius 3 is 2.24 bits per heavy atom. The second-order valence-corrected chi connectivity index (χ2v) is 3.98. The number of halogens is 2. The molecule has 0 aliphatic rings. The number of hydrogen-bond acceptors (Lipinski definition) is 3. The van der Waals surface area contributed by atoms with E-state index >= 15 is 0 Å². The van der Waals surface area contributed by atoms with Gasteiger partial charge in [-0.15, -0.1) is 0 Å². The highest BCUT2D eigenvalue weighted by Gasteiger charge is 2.06. The van der Waals surface area contributed by atoms with E-state index < -0.39 is 0 Å². The lowest BCUT2D eigenvalue weighted by molar-refractivity contribution is 0.102. The molecule has 0 aliphatic heterocycles. The van der Waals surface area contributed by atoms with E-state index in [-0.39, 0.29) is 11.2 Å². The van der Waals surface area contributed by atoms with Crippen molar-refractivity contribution >= 4 is 34.8 Å². The van der Waals surface area contributed by atoms with Crippen LogP contribution in [0.1, 0.15) is 10.4 Å². The number of nitrogens with zero attached hydrogens (tertiary/aromatic N) is 2. The van der Waals surface area contributed by atoms with Crippen molar-refractivity contribution in [3.63, 3.8) is 0 Å². The lowest BCUT2D eigenvalue weighted by Gasteiger charge is -2.04. The van der Waals surface area contributed by atoms with E-state index in [1.54, 1.807) is 24.3 Å². The Morgan fingerprint density at radius 2 is 1.65 bits per heavy atom. The van der Waals surface area contributed by atoms with Gasteiger partial charge < -0.3 is 5.32 Å². The highest BCUT2D eigenvalue weighted by atomic mass is 35.5. The van der Waals surface area contributed by atoms with Gasteiger partial charge in [0, 0.05) is 10.6 Å². The molecule has 0 radical (unpaired) electrons. The van der Waals surface area contributed by atoms with Crippen LogP contribution >= 0.6 is 23.2 Å². The summed E-state index contributed by atoms with van der Waals surface area (Å²) in [5.74, 6) is -0.257. The zero-order valence-corrected chi connectivity index (χ0v) is 10.0. The number of nitrogens with one attached hydrogen (secondary N) is 1. The number of amides is 1. The van der Waals surface area contributed by atoms with E-state index in [0.717, 1.165) is 0 Å². The first kappa shape index (κ1) is 11.8. The van der Waals surface area contributed by atoms with Gasteiger partial charge in [0.2, 0.25) is 5.28 Å². The molecule has 86 valence electrons. The largest absolute Gasteiger partial charge is 0.319 e. The molecular formula is C11H7Cl2N3O. The maximum atomic E-state index is 11.8. The average Bonchev–Trinajstić information content (AvgIpc) is 2.33. The first-order valence-corrected chi connectivity index (χ1v) is 5.45. The Bertz CT molecular complexity index is 525. The summed E-state index contributed by atoms with van der Waals surface area (Å²) in [6, 6.07) is 6.56. The molecule has 2 rings (SSSR count). The van der Waals surface area contributed by atoms with E-state index in [2.05, 4.69) is 15.3 Å². The normalized spacial score (nSPS) is 10.0. The number of carbonyl (C=O) groups excluding carboxylic acids is 1. The minimum atomic E-state index is -0.257. The molecule has 0 spiro atoms. The van der Waals surface area contributed by atoms with Gasteiger partial charge in [-0.3, -0.25) is 4.79 Å². The lowest BCUT2D eigenvalue weighted by atomic mass is 10.2. The van der Waals surface area contributed by atoms with Crippen LogP contribution in [0.3, 0.4) is 0 Å². The van der Waals surface area contributed by atoms with E-state index in [1.165, 1.54) is 12.4 Å². The third-order valence-electron chi connectivity index (χ3n) is 1.98. The molecule has 4 nitrogen and oxygen atoms in total. The Kier molecular flexibility index (Phi) is 3.56. The third kappa shape index (κ3) is 3.15. The predicted molar refractivity (Wildman–Crippen MR) is 66.4 cm³/mol. The van der Waals surface area contributed by atoms with E-state index in [1.807, 2.05) is 0 Å². The molecule has 1 aromatic carbocycles. The second kappa shape index (κ2) is 5.12. The van der Waals surface area contributed by atoms with Crippen LogP contribution in [0.15, 0.2) is 36.7 Å². The van der Waals surface area contributed by atoms with Gasteiger partial charge in [-0.1, -0.05) is 11.6 Å². The van der Waals surface area contributed by atoms with Gasteiger partial charge in [0.25, 0.3) is 5.91 Å². The molecular weight excluding hydrogens is 261 g/mol. The van der Waals surface area contributed by atoms with Crippen molar-refractivity contribution in [1.82, 2.24) is 9.97 Å². The van der Waals surface area contributed by atoms with Gasteiger partial charge in [-0.05, 0) is 35.9 Å². The Morgan fingerprint density at radius 1 is 1.06 bits per heavy atom. The number of benzene rings is 1. The molecule has 17 heavy (non-hydrogen) atoms. The summed E-state index contributed by atoms with van der Waals surface area (Å²) >= 11 is 11.3. The van der Waals surface area contributed by atoms with Crippen molar-refractivity contribution in [2.45, 2.75) is 0 Å². The van der Waals surface area contributed by atoms with Crippen LogP contribution in [0.2, 0.25) is 10.3 Å². The van der Waals surface area contributed by atoms with Crippen molar-refractivity contribution in [3.05, 3.63) is 52.5 Å². The molecule has 0 atom stereocenters. The standard InChI is InChI=1S/C11H7Cl2N3O/c12-8-3-1-7(2-4-8)10(17)16-9-5-14-11(13)15-6-9/h1-6H,(H,16,17). The maximum absolute atomic E-state index is 11.8. The SMILES string of the molecule is O=C(Nc1cnc(Cl)nc1)c1ccc(Cl)cc1. The second-order valence-electron chi connectivity index (χ2n) is 3.20. The minimum Gasteiger partial charge on any atom is -0.319 e. The highest BCUT2D eigenvalue weighted by molar-refractivity contribution is 6.30. The zero-order chi connectivity index (χ0) is 12.3. The molecule has 0 saturated carbocycles. The molecule has 0 bridgehead atoms. The molecule has 1 amide bonds. The van der Waals surface area contributed by atoms with Gasteiger partial charge in [0.1, 0.15) is 0 Å². The number of hydrogen-bond donors (Lipinski definition) is 1. The Labute approximate surface area is 108 Å². The maximum Gasteiger partial charge on any atom is 0.255 e. The fraction of sp³-hybridized carbons (Fsp3) is 0. The number of anilines is 1. The Hall–Kier alpha value is -1.65. The first-order chi connectivity index (χ1) is 8.15. The van der Waals surface area contributed by atoms with Crippen molar-refractivity contribution in [1.29, 1.82) is 0 Å². The highest BCUT2D eigenvalue weighted by Crippen LogP contribution is 2.12. The fourth-order valence-corrected chi connectivity index (χ4v) is 1.40. The first-order valence-electron chi connectivity index (χ1n) is 4.69. The van der Waals surface area contributed by atoms with Crippen molar-refractivity contribution < 1.29 is 4.79 Å². The molecule has 1 N–H and O–H groups in total. The van der Waals surface area contributed by atoms with Crippen molar-refractivity contribution in [2.24, 2.45) is 0 Å². The molecule has 0 aliphatic carbocycles. The van der Waals surface area contributed by atoms with E-state index in [9.17, 15) is 4.79 Å². The molecule has 1 aromatic heterocycles. The van der Waals surface area contributed by atoms with Crippen molar-refractivity contribution in [3.8, 4) is 0 Å². The van der Waals surface area contributed by atoms with Crippen molar-refractivity contribution in [2.75, 3.05) is 5.32 Å². The van der Waals surface area contributed by atoms with Crippen LogP contribution in [-0.2, 0) is 0 Å². The molecule has 0 saturated heterocycles. The quantitative estimate of drug-likeness (QED) is 0.851. The summed E-state index contributed by atoms with van der Waals surface area (Å²) < 4.78 is 0. The average molecular weight is 268 g/mol. The van der Waals surface area contributed by atoms with Crippen LogP contribution in [0.25, 0.3) is 0 Å². The van der Waals surface area contributed by atoms with Gasteiger partial charge in [-0.25, -0.2) is 9.97 Å². The summed E-state index contributed by atoms with van der Waals surface area (Å²) in [7, 11) is 0. The third-order valence-corrected chi connectivity index (χ3v) is 2.43. The molecule has 0 fully saturated rings. The smallest absolute Gasteiger partial charge is 0.255 e. The number of rotatable bonds is 2. The summed E-state index contributed by atoms with van der Waals surface area (Å²) in [6.45, 7) is 0. The van der Waals surface area contributed by atoms with E-state index in [4.69, 9.17) is 23.2 Å². The zero-order valence-electron chi connectivity index (χ0n) is 8.52. The molecule has 2 aromatic rings. The minimum absolute atomic E-state index is 0.134. The molecule has 1 heterocycles. The monoisotopic (exact) mass is 267 g/mol. The summed E-state index contributed by atoms with van der Waals surface area (Å²) in [4.78, 5) is 19.3. The van der Waals surface area contributed by atoms with Gasteiger partial charge >= 0.3 is 0 Å². The summed E-state index contributed by atoms with van der Waals surface area (Å²) in [6.07, 6.45) is 2.87. The van der Waals surface area contributed by atoms with Crippen LogP contribution in [0.5, 0.6) is 0 Å². The van der Waals surface area contributed by atoms with Gasteiger partial charge in [0.05, 0.1) is 18.1 Å². The molecule has 6 heteroatoms. The Balaban J connectivity index is 2.11.